The molecule has 1 saturated heterocycles. The SMILES string of the molecule is CC=C(C(=O)Nc1cc2c(NC(C)c3ccccc3)ncnc2cc1OCC1CC1)N(C)C1CCOCC1. The summed E-state index contributed by atoms with van der Waals surface area (Å²) in [7, 11) is 1.98. The Morgan fingerprint density at radius 1 is 1.16 bits per heavy atom. The lowest BCUT2D eigenvalue weighted by molar-refractivity contribution is -0.114. The summed E-state index contributed by atoms with van der Waals surface area (Å²) in [5, 5.41) is 7.49. The van der Waals surface area contributed by atoms with Crippen LogP contribution in [0, 0.1) is 5.92 Å². The molecule has 200 valence electrons. The van der Waals surface area contributed by atoms with E-state index >= 15 is 0 Å². The summed E-state index contributed by atoms with van der Waals surface area (Å²) in [5.74, 6) is 1.75. The first-order valence-corrected chi connectivity index (χ1v) is 13.5. The predicted octanol–water partition coefficient (Wildman–Crippen LogP) is 5.54. The van der Waals surface area contributed by atoms with Gasteiger partial charge in [-0.2, -0.15) is 0 Å². The summed E-state index contributed by atoms with van der Waals surface area (Å²) in [6.07, 6.45) is 7.60. The zero-order chi connectivity index (χ0) is 26.5. The van der Waals surface area contributed by atoms with Gasteiger partial charge in [0.1, 0.15) is 17.9 Å². The molecule has 2 N–H and O–H groups in total. The molecule has 2 heterocycles. The van der Waals surface area contributed by atoms with Crippen molar-refractivity contribution in [2.24, 2.45) is 5.92 Å². The molecule has 1 aliphatic carbocycles. The molecule has 5 rings (SSSR count). The van der Waals surface area contributed by atoms with Crippen molar-refractivity contribution in [3.8, 4) is 5.75 Å². The Morgan fingerprint density at radius 3 is 2.63 bits per heavy atom. The summed E-state index contributed by atoms with van der Waals surface area (Å²) in [5.41, 5.74) is 3.17. The van der Waals surface area contributed by atoms with Gasteiger partial charge in [0.05, 0.1) is 23.5 Å². The monoisotopic (exact) mass is 515 g/mol. The predicted molar refractivity (Wildman–Crippen MR) is 150 cm³/mol. The number of fused-ring (bicyclic) bond motifs is 1. The fourth-order valence-corrected chi connectivity index (χ4v) is 4.89. The average Bonchev–Trinajstić information content (AvgIpc) is 3.78. The normalized spacial score (nSPS) is 17.2. The van der Waals surface area contributed by atoms with Crippen molar-refractivity contribution < 1.29 is 14.3 Å². The van der Waals surface area contributed by atoms with Crippen molar-refractivity contribution in [1.29, 1.82) is 0 Å². The van der Waals surface area contributed by atoms with E-state index in [9.17, 15) is 4.79 Å². The van der Waals surface area contributed by atoms with Crippen molar-refractivity contribution in [2.75, 3.05) is 37.5 Å². The summed E-state index contributed by atoms with van der Waals surface area (Å²) < 4.78 is 11.7. The zero-order valence-corrected chi connectivity index (χ0v) is 22.4. The molecule has 0 radical (unpaired) electrons. The van der Waals surface area contributed by atoms with Crippen molar-refractivity contribution in [2.45, 2.75) is 51.6 Å². The Labute approximate surface area is 224 Å². The van der Waals surface area contributed by atoms with Gasteiger partial charge >= 0.3 is 0 Å². The molecule has 8 nitrogen and oxygen atoms in total. The molecule has 1 aliphatic heterocycles. The van der Waals surface area contributed by atoms with Crippen LogP contribution < -0.4 is 15.4 Å². The Hall–Kier alpha value is -3.65. The van der Waals surface area contributed by atoms with Gasteiger partial charge in [0.15, 0.2) is 0 Å². The summed E-state index contributed by atoms with van der Waals surface area (Å²) in [6, 6.07) is 14.4. The molecule has 0 spiro atoms. The van der Waals surface area contributed by atoms with Crippen LogP contribution in [0.5, 0.6) is 5.75 Å². The number of nitrogens with one attached hydrogen (secondary N) is 2. The van der Waals surface area contributed by atoms with Gasteiger partial charge in [-0.05, 0) is 57.1 Å². The molecule has 2 fully saturated rings. The summed E-state index contributed by atoms with van der Waals surface area (Å²) in [6.45, 7) is 6.07. The minimum Gasteiger partial charge on any atom is -0.491 e. The fourth-order valence-electron chi connectivity index (χ4n) is 4.89. The number of nitrogens with zero attached hydrogens (tertiary/aromatic N) is 3. The van der Waals surface area contributed by atoms with Crippen molar-refractivity contribution in [3.05, 3.63) is 66.1 Å². The van der Waals surface area contributed by atoms with Crippen LogP contribution in [-0.4, -0.2) is 53.7 Å². The van der Waals surface area contributed by atoms with Crippen LogP contribution in [0.15, 0.2) is 60.6 Å². The Bertz CT molecular complexity index is 1290. The van der Waals surface area contributed by atoms with E-state index in [1.807, 2.05) is 50.4 Å². The number of hydrogen-bond acceptors (Lipinski definition) is 7. The Balaban J connectivity index is 1.44. The van der Waals surface area contributed by atoms with E-state index in [-0.39, 0.29) is 18.0 Å². The molecule has 1 aromatic heterocycles. The largest absolute Gasteiger partial charge is 0.491 e. The highest BCUT2D eigenvalue weighted by Gasteiger charge is 2.26. The zero-order valence-electron chi connectivity index (χ0n) is 22.4. The van der Waals surface area contributed by atoms with Gasteiger partial charge in [-0.25, -0.2) is 9.97 Å². The summed E-state index contributed by atoms with van der Waals surface area (Å²) >= 11 is 0. The molecule has 1 saturated carbocycles. The number of rotatable bonds is 10. The highest BCUT2D eigenvalue weighted by atomic mass is 16.5. The number of aromatic nitrogens is 2. The number of benzene rings is 2. The molecule has 38 heavy (non-hydrogen) atoms. The lowest BCUT2D eigenvalue weighted by Gasteiger charge is -2.34. The lowest BCUT2D eigenvalue weighted by atomic mass is 10.1. The van der Waals surface area contributed by atoms with E-state index in [0.717, 1.165) is 29.3 Å². The van der Waals surface area contributed by atoms with Crippen LogP contribution in [-0.2, 0) is 9.53 Å². The third-order valence-corrected chi connectivity index (χ3v) is 7.43. The topological polar surface area (TPSA) is 88.6 Å². The van der Waals surface area contributed by atoms with Gasteiger partial charge in [0.2, 0.25) is 0 Å². The fraction of sp³-hybridized carbons (Fsp3) is 0.433. The minimum absolute atomic E-state index is 0.0425. The highest BCUT2D eigenvalue weighted by Crippen LogP contribution is 2.36. The van der Waals surface area contributed by atoms with Gasteiger partial charge in [0, 0.05) is 43.8 Å². The maximum atomic E-state index is 13.6. The number of carbonyl (C=O) groups is 1. The van der Waals surface area contributed by atoms with Crippen molar-refractivity contribution in [1.82, 2.24) is 14.9 Å². The maximum absolute atomic E-state index is 13.6. The number of amides is 1. The van der Waals surface area contributed by atoms with Crippen molar-refractivity contribution >= 4 is 28.3 Å². The summed E-state index contributed by atoms with van der Waals surface area (Å²) in [4.78, 5) is 24.7. The second-order valence-corrected chi connectivity index (χ2v) is 10.2. The lowest BCUT2D eigenvalue weighted by Crippen LogP contribution is -2.39. The van der Waals surface area contributed by atoms with Gasteiger partial charge in [0.25, 0.3) is 5.91 Å². The second kappa shape index (κ2) is 11.8. The number of allylic oxidation sites excluding steroid dienone is 1. The van der Waals surface area contributed by atoms with Gasteiger partial charge < -0.3 is 25.0 Å². The van der Waals surface area contributed by atoms with Gasteiger partial charge in [-0.1, -0.05) is 36.4 Å². The maximum Gasteiger partial charge on any atom is 0.271 e. The molecule has 8 heteroatoms. The standard InChI is InChI=1S/C30H37N5O3/c1-4-27(35(3)23-12-14-37-15-13-23)30(36)34-26-16-24-25(17-28(26)38-18-21-10-11-21)31-19-32-29(24)33-20(2)22-8-6-5-7-9-22/h4-9,16-17,19-21,23H,10-15,18H2,1-3H3,(H,34,36)(H,31,32,33). The van der Waals surface area contributed by atoms with Crippen LogP contribution in [0.25, 0.3) is 10.9 Å². The smallest absolute Gasteiger partial charge is 0.271 e. The van der Waals surface area contributed by atoms with Crippen molar-refractivity contribution in [3.63, 3.8) is 0 Å². The molecule has 1 amide bonds. The molecule has 1 unspecified atom stereocenters. The van der Waals surface area contributed by atoms with Gasteiger partial charge in [-0.3, -0.25) is 4.79 Å². The molecule has 0 bridgehead atoms. The average molecular weight is 516 g/mol. The molecular formula is C30H37N5O3. The van der Waals surface area contributed by atoms with Gasteiger partial charge in [-0.15, -0.1) is 0 Å². The first-order valence-electron chi connectivity index (χ1n) is 13.5. The third kappa shape index (κ3) is 6.07. The number of ether oxygens (including phenoxy) is 2. The van der Waals surface area contributed by atoms with Crippen LogP contribution in [0.2, 0.25) is 0 Å². The number of anilines is 2. The van der Waals surface area contributed by atoms with Crippen LogP contribution in [0.4, 0.5) is 11.5 Å². The van der Waals surface area contributed by atoms with E-state index in [4.69, 9.17) is 9.47 Å². The van der Waals surface area contributed by atoms with E-state index < -0.39 is 0 Å². The molecule has 1 atom stereocenters. The third-order valence-electron chi connectivity index (χ3n) is 7.43. The quantitative estimate of drug-likeness (QED) is 0.343. The van der Waals surface area contributed by atoms with E-state index in [1.54, 1.807) is 6.33 Å². The van der Waals surface area contributed by atoms with Crippen LogP contribution in [0.3, 0.4) is 0 Å². The molecule has 2 aromatic carbocycles. The second-order valence-electron chi connectivity index (χ2n) is 10.2. The van der Waals surface area contributed by atoms with Crippen LogP contribution in [0.1, 0.15) is 51.1 Å². The Morgan fingerprint density at radius 2 is 1.92 bits per heavy atom. The molecule has 2 aliphatic rings. The number of carbonyl (C=O) groups excluding carboxylic acids is 1. The molecular weight excluding hydrogens is 478 g/mol. The van der Waals surface area contributed by atoms with E-state index in [1.165, 1.54) is 12.8 Å². The van der Waals surface area contributed by atoms with E-state index in [2.05, 4.69) is 44.6 Å². The van der Waals surface area contributed by atoms with Crippen LogP contribution >= 0.6 is 0 Å². The number of hydrogen-bond donors (Lipinski definition) is 2. The Kier molecular flexibility index (Phi) is 8.08. The first kappa shape index (κ1) is 26.0. The number of likely N-dealkylation sites (N-methyl/N-ethyl adjacent to an activating group) is 1. The highest BCUT2D eigenvalue weighted by molar-refractivity contribution is 6.06. The van der Waals surface area contributed by atoms with E-state index in [0.29, 0.717) is 48.7 Å². The molecule has 3 aromatic rings. The minimum atomic E-state index is -0.166. The first-order chi connectivity index (χ1) is 18.5.